The molecule has 8 heteroatoms. The van der Waals surface area contributed by atoms with Gasteiger partial charge in [-0.25, -0.2) is 14.4 Å². The normalized spacial score (nSPS) is 17.1. The van der Waals surface area contributed by atoms with Crippen molar-refractivity contribution in [2.24, 2.45) is 0 Å². The van der Waals surface area contributed by atoms with E-state index in [0.717, 1.165) is 15.8 Å². The molecule has 0 spiro atoms. The van der Waals surface area contributed by atoms with Gasteiger partial charge in [-0.15, -0.1) is 11.8 Å². The Bertz CT molecular complexity index is 699. The fourth-order valence-corrected chi connectivity index (χ4v) is 3.33. The Kier molecular flexibility index (Phi) is 5.68. The highest BCUT2D eigenvalue weighted by molar-refractivity contribution is 9.10. The highest BCUT2D eigenvalue weighted by Crippen LogP contribution is 2.21. The number of carbonyl (C=O) groups excluding carboxylic acids is 1. The molecule has 0 saturated carbocycles. The third-order valence-electron chi connectivity index (χ3n) is 3.54. The van der Waals surface area contributed by atoms with Gasteiger partial charge in [0, 0.05) is 30.3 Å². The summed E-state index contributed by atoms with van der Waals surface area (Å²) in [6.07, 6.45) is 3.91. The first-order chi connectivity index (χ1) is 11.6. The first-order valence-corrected chi connectivity index (χ1v) is 9.18. The van der Waals surface area contributed by atoms with E-state index in [9.17, 15) is 9.18 Å². The zero-order chi connectivity index (χ0) is 16.9. The second kappa shape index (κ2) is 7.94. The average Bonchev–Trinajstić information content (AvgIpc) is 3.05. The summed E-state index contributed by atoms with van der Waals surface area (Å²) in [6.45, 7) is 1.19. The molecule has 1 aliphatic rings. The van der Waals surface area contributed by atoms with E-state index in [4.69, 9.17) is 4.74 Å². The van der Waals surface area contributed by atoms with E-state index in [-0.39, 0.29) is 17.8 Å². The van der Waals surface area contributed by atoms with Gasteiger partial charge in [0.25, 0.3) is 0 Å². The molecule has 1 aromatic heterocycles. The van der Waals surface area contributed by atoms with E-state index in [0.29, 0.717) is 24.9 Å². The Labute approximate surface area is 151 Å². The Balaban J connectivity index is 1.46. The topological polar surface area (TPSA) is 55.3 Å². The van der Waals surface area contributed by atoms with Crippen LogP contribution in [0.15, 0.2) is 46.0 Å². The summed E-state index contributed by atoms with van der Waals surface area (Å²) in [7, 11) is 0. The minimum Gasteiger partial charge on any atom is -0.458 e. The average molecular weight is 412 g/mol. The van der Waals surface area contributed by atoms with Gasteiger partial charge in [-0.3, -0.25) is 4.79 Å². The molecule has 126 valence electrons. The maximum absolute atomic E-state index is 12.9. The van der Waals surface area contributed by atoms with E-state index in [1.807, 2.05) is 0 Å². The number of likely N-dealkylation sites (tertiary alicyclic amines) is 1. The van der Waals surface area contributed by atoms with Gasteiger partial charge in [0.2, 0.25) is 5.91 Å². The van der Waals surface area contributed by atoms with Gasteiger partial charge < -0.3 is 9.64 Å². The van der Waals surface area contributed by atoms with Crippen molar-refractivity contribution in [3.8, 4) is 6.01 Å². The molecule has 5 nitrogen and oxygen atoms in total. The fourth-order valence-electron chi connectivity index (χ4n) is 2.33. The minimum absolute atomic E-state index is 0.0483. The molecule has 2 aromatic rings. The Morgan fingerprint density at radius 1 is 1.33 bits per heavy atom. The number of rotatable bonds is 5. The van der Waals surface area contributed by atoms with Gasteiger partial charge in [0.15, 0.2) is 0 Å². The summed E-state index contributed by atoms with van der Waals surface area (Å²) in [6, 6.07) is 6.45. The first-order valence-electron chi connectivity index (χ1n) is 7.40. The molecule has 0 radical (unpaired) electrons. The lowest BCUT2D eigenvalue weighted by Gasteiger charge is -2.16. The molecule has 1 atom stereocenters. The number of nitrogens with zero attached hydrogens (tertiary/aromatic N) is 3. The molecule has 1 amide bonds. The molecule has 1 aromatic carbocycles. The summed E-state index contributed by atoms with van der Waals surface area (Å²) in [5.41, 5.74) is 0. The summed E-state index contributed by atoms with van der Waals surface area (Å²) < 4.78 is 19.4. The molecule has 1 fully saturated rings. The van der Waals surface area contributed by atoms with Crippen molar-refractivity contribution < 1.29 is 13.9 Å². The van der Waals surface area contributed by atoms with Crippen molar-refractivity contribution in [1.82, 2.24) is 14.9 Å². The first kappa shape index (κ1) is 17.2. The van der Waals surface area contributed by atoms with Crippen molar-refractivity contribution in [3.63, 3.8) is 0 Å². The number of thioether (sulfide) groups is 1. The summed E-state index contributed by atoms with van der Waals surface area (Å²) in [5, 5.41) is 0. The van der Waals surface area contributed by atoms with Crippen molar-refractivity contribution in [1.29, 1.82) is 0 Å². The van der Waals surface area contributed by atoms with Gasteiger partial charge in [0.1, 0.15) is 11.9 Å². The third-order valence-corrected chi connectivity index (χ3v) is 4.95. The van der Waals surface area contributed by atoms with E-state index in [1.54, 1.807) is 29.4 Å². The van der Waals surface area contributed by atoms with E-state index < -0.39 is 0 Å². The second-order valence-corrected chi connectivity index (χ2v) is 7.26. The van der Waals surface area contributed by atoms with Crippen molar-refractivity contribution in [2.45, 2.75) is 17.4 Å². The zero-order valence-corrected chi connectivity index (χ0v) is 15.1. The SMILES string of the molecule is O=C(CSc1ccc(F)cc1)N1CC[C@H](Oc2ncc(Br)cn2)C1. The van der Waals surface area contributed by atoms with Crippen LogP contribution in [0.1, 0.15) is 6.42 Å². The molecule has 0 unspecified atom stereocenters. The number of ether oxygens (including phenoxy) is 1. The highest BCUT2D eigenvalue weighted by atomic mass is 79.9. The molecular formula is C16H15BrFN3O2S. The molecule has 1 aliphatic heterocycles. The van der Waals surface area contributed by atoms with E-state index >= 15 is 0 Å². The highest BCUT2D eigenvalue weighted by Gasteiger charge is 2.28. The standard InChI is InChI=1S/C16H15BrFN3O2S/c17-11-7-19-16(20-8-11)23-13-5-6-21(9-13)15(22)10-24-14-3-1-12(18)2-4-14/h1-4,7-8,13H,5-6,9-10H2/t13-/m0/s1. The van der Waals surface area contributed by atoms with Gasteiger partial charge in [0.05, 0.1) is 16.8 Å². The van der Waals surface area contributed by atoms with Gasteiger partial charge >= 0.3 is 6.01 Å². The van der Waals surface area contributed by atoms with Crippen LogP contribution in [0.25, 0.3) is 0 Å². The lowest BCUT2D eigenvalue weighted by atomic mass is 10.3. The van der Waals surface area contributed by atoms with Gasteiger partial charge in [-0.2, -0.15) is 0 Å². The Morgan fingerprint density at radius 2 is 2.04 bits per heavy atom. The molecule has 2 heterocycles. The fraction of sp³-hybridized carbons (Fsp3) is 0.312. The number of carbonyl (C=O) groups is 1. The quantitative estimate of drug-likeness (QED) is 0.707. The van der Waals surface area contributed by atoms with Gasteiger partial charge in [-0.1, -0.05) is 0 Å². The van der Waals surface area contributed by atoms with E-state index in [2.05, 4.69) is 25.9 Å². The monoisotopic (exact) mass is 411 g/mol. The molecule has 0 aliphatic carbocycles. The van der Waals surface area contributed by atoms with Crippen molar-refractivity contribution >= 4 is 33.6 Å². The summed E-state index contributed by atoms with van der Waals surface area (Å²) >= 11 is 4.67. The summed E-state index contributed by atoms with van der Waals surface area (Å²) in [5.74, 6) is 0.0974. The van der Waals surface area contributed by atoms with E-state index in [1.165, 1.54) is 23.9 Å². The number of hydrogen-bond donors (Lipinski definition) is 0. The van der Waals surface area contributed by atoms with Crippen LogP contribution in [-0.2, 0) is 4.79 Å². The maximum atomic E-state index is 12.9. The van der Waals surface area contributed by atoms with Crippen LogP contribution in [0.3, 0.4) is 0 Å². The molecule has 3 rings (SSSR count). The number of benzene rings is 1. The zero-order valence-electron chi connectivity index (χ0n) is 12.7. The largest absolute Gasteiger partial charge is 0.458 e. The number of halogens is 2. The van der Waals surface area contributed by atoms with Crippen molar-refractivity contribution in [3.05, 3.63) is 46.9 Å². The third kappa shape index (κ3) is 4.67. The lowest BCUT2D eigenvalue weighted by Crippen LogP contribution is -2.32. The van der Waals surface area contributed by atoms with Crippen LogP contribution in [0.5, 0.6) is 6.01 Å². The van der Waals surface area contributed by atoms with Crippen LogP contribution >= 0.6 is 27.7 Å². The second-order valence-electron chi connectivity index (χ2n) is 5.29. The number of aromatic nitrogens is 2. The van der Waals surface area contributed by atoms with Crippen LogP contribution in [0.4, 0.5) is 4.39 Å². The van der Waals surface area contributed by atoms with Crippen molar-refractivity contribution in [2.75, 3.05) is 18.8 Å². The van der Waals surface area contributed by atoms with Crippen LogP contribution in [0, 0.1) is 5.82 Å². The number of amides is 1. The molecular weight excluding hydrogens is 397 g/mol. The molecule has 24 heavy (non-hydrogen) atoms. The van der Waals surface area contributed by atoms with Gasteiger partial charge in [-0.05, 0) is 40.2 Å². The maximum Gasteiger partial charge on any atom is 0.316 e. The predicted molar refractivity (Wildman–Crippen MR) is 92.5 cm³/mol. The summed E-state index contributed by atoms with van der Waals surface area (Å²) in [4.78, 5) is 23.1. The molecule has 0 N–H and O–H groups in total. The van der Waals surface area contributed by atoms with Crippen LogP contribution in [0.2, 0.25) is 0 Å². The Morgan fingerprint density at radius 3 is 2.75 bits per heavy atom. The van der Waals surface area contributed by atoms with Crippen LogP contribution in [-0.4, -0.2) is 45.7 Å². The Hall–Kier alpha value is -1.67. The smallest absolute Gasteiger partial charge is 0.316 e. The predicted octanol–water partition coefficient (Wildman–Crippen LogP) is 3.15. The lowest BCUT2D eigenvalue weighted by molar-refractivity contribution is -0.127. The molecule has 0 bridgehead atoms. The minimum atomic E-state index is -0.277. The van der Waals surface area contributed by atoms with Crippen LogP contribution < -0.4 is 4.74 Å². The number of hydrogen-bond acceptors (Lipinski definition) is 5. The molecule has 1 saturated heterocycles.